The third-order valence-corrected chi connectivity index (χ3v) is 6.28. The number of rotatable bonds is 5. The Labute approximate surface area is 182 Å². The van der Waals surface area contributed by atoms with Crippen molar-refractivity contribution in [3.8, 4) is 11.4 Å². The van der Waals surface area contributed by atoms with Gasteiger partial charge in [0.1, 0.15) is 0 Å². The number of fused-ring (bicyclic) bond motifs is 2. The molecule has 0 radical (unpaired) electrons. The van der Waals surface area contributed by atoms with Crippen LogP contribution in [0.15, 0.2) is 81.2 Å². The Bertz CT molecular complexity index is 1440. The van der Waals surface area contributed by atoms with Crippen LogP contribution >= 0.6 is 11.8 Å². The molecule has 0 saturated carbocycles. The predicted molar refractivity (Wildman–Crippen MR) is 123 cm³/mol. The number of hydrogen-bond donors (Lipinski definition) is 0. The minimum absolute atomic E-state index is 0.0385. The maximum absolute atomic E-state index is 13.2. The van der Waals surface area contributed by atoms with E-state index in [9.17, 15) is 4.79 Å². The summed E-state index contributed by atoms with van der Waals surface area (Å²) in [7, 11) is 0. The molecule has 7 heteroatoms. The van der Waals surface area contributed by atoms with Crippen molar-refractivity contribution in [2.24, 2.45) is 0 Å². The lowest BCUT2D eigenvalue weighted by Crippen LogP contribution is -2.22. The average Bonchev–Trinajstić information content (AvgIpc) is 3.30. The summed E-state index contributed by atoms with van der Waals surface area (Å²) < 4.78 is 7.21. The van der Waals surface area contributed by atoms with Crippen molar-refractivity contribution in [3.63, 3.8) is 0 Å². The van der Waals surface area contributed by atoms with Gasteiger partial charge in [0, 0.05) is 12.1 Å². The van der Waals surface area contributed by atoms with Gasteiger partial charge in [-0.15, -0.1) is 0 Å². The van der Waals surface area contributed by atoms with Gasteiger partial charge in [-0.2, -0.15) is 4.98 Å². The molecule has 154 valence electrons. The fourth-order valence-corrected chi connectivity index (χ4v) is 4.57. The van der Waals surface area contributed by atoms with Crippen LogP contribution in [0.1, 0.15) is 25.0 Å². The summed E-state index contributed by atoms with van der Waals surface area (Å²) in [5, 5.41) is 7.30. The summed E-state index contributed by atoms with van der Waals surface area (Å²) in [6, 6.07) is 21.6. The Hall–Kier alpha value is -3.45. The van der Waals surface area contributed by atoms with E-state index in [2.05, 4.69) is 10.1 Å². The third-order valence-electron chi connectivity index (χ3n) is 5.21. The van der Waals surface area contributed by atoms with Crippen molar-refractivity contribution in [2.45, 2.75) is 30.8 Å². The van der Waals surface area contributed by atoms with E-state index in [0.717, 1.165) is 16.3 Å². The molecule has 0 saturated heterocycles. The van der Waals surface area contributed by atoms with Crippen molar-refractivity contribution in [1.82, 2.24) is 19.7 Å². The molecule has 0 aliphatic carbocycles. The van der Waals surface area contributed by atoms with Crippen LogP contribution in [-0.2, 0) is 6.54 Å². The maximum Gasteiger partial charge on any atom is 0.262 e. The highest BCUT2D eigenvalue weighted by Gasteiger charge is 2.20. The fraction of sp³-hybridized carbons (Fsp3) is 0.167. The van der Waals surface area contributed by atoms with E-state index in [-0.39, 0.29) is 10.8 Å². The lowest BCUT2D eigenvalue weighted by molar-refractivity contribution is 0.380. The second-order valence-corrected chi connectivity index (χ2v) is 8.55. The van der Waals surface area contributed by atoms with Gasteiger partial charge < -0.3 is 4.52 Å². The topological polar surface area (TPSA) is 73.8 Å². The van der Waals surface area contributed by atoms with E-state index < -0.39 is 0 Å². The van der Waals surface area contributed by atoms with Crippen molar-refractivity contribution >= 4 is 33.4 Å². The largest absolute Gasteiger partial charge is 0.338 e. The second-order valence-electron chi connectivity index (χ2n) is 7.24. The summed E-state index contributed by atoms with van der Waals surface area (Å²) in [6.45, 7) is 4.46. The van der Waals surface area contributed by atoms with Gasteiger partial charge in [0.05, 0.1) is 16.2 Å². The molecule has 1 atom stereocenters. The molecule has 1 unspecified atom stereocenters. The monoisotopic (exact) mass is 428 g/mol. The molecule has 0 aliphatic rings. The first-order chi connectivity index (χ1) is 15.1. The van der Waals surface area contributed by atoms with Gasteiger partial charge in [-0.05, 0) is 36.8 Å². The smallest absolute Gasteiger partial charge is 0.262 e. The van der Waals surface area contributed by atoms with Crippen molar-refractivity contribution in [2.75, 3.05) is 0 Å². The molecule has 0 amide bonds. The van der Waals surface area contributed by atoms with Crippen LogP contribution in [0.4, 0.5) is 0 Å². The lowest BCUT2D eigenvalue weighted by Gasteiger charge is -2.13. The highest BCUT2D eigenvalue weighted by molar-refractivity contribution is 7.99. The zero-order valence-corrected chi connectivity index (χ0v) is 18.0. The van der Waals surface area contributed by atoms with Gasteiger partial charge in [0.15, 0.2) is 5.16 Å². The number of nitrogens with zero attached hydrogens (tertiary/aromatic N) is 4. The molecular weight excluding hydrogens is 408 g/mol. The Balaban J connectivity index is 1.53. The Morgan fingerprint density at radius 3 is 2.45 bits per heavy atom. The molecule has 5 rings (SSSR count). The van der Waals surface area contributed by atoms with Crippen LogP contribution in [-0.4, -0.2) is 19.7 Å². The zero-order chi connectivity index (χ0) is 21.4. The molecular formula is C24H20N4O2S. The number of aromatic nitrogens is 4. The first-order valence-corrected chi connectivity index (χ1v) is 11.0. The van der Waals surface area contributed by atoms with Gasteiger partial charge in [-0.1, -0.05) is 71.5 Å². The Morgan fingerprint density at radius 1 is 1.00 bits per heavy atom. The minimum Gasteiger partial charge on any atom is -0.338 e. The summed E-state index contributed by atoms with van der Waals surface area (Å²) in [6.07, 6.45) is 0. The summed E-state index contributed by atoms with van der Waals surface area (Å²) in [5.74, 6) is 1.05. The first-order valence-electron chi connectivity index (χ1n) is 10.1. The third kappa shape index (κ3) is 3.61. The van der Waals surface area contributed by atoms with Crippen LogP contribution in [0.25, 0.3) is 33.1 Å². The van der Waals surface area contributed by atoms with Crippen LogP contribution < -0.4 is 5.56 Å². The second kappa shape index (κ2) is 8.00. The standard InChI is InChI=1S/C24H20N4O2S/c1-3-28-23(29)19-13-17-11-7-8-12-18(17)14-20(19)25-24(28)31-15(2)22-26-21(27-30-22)16-9-5-4-6-10-16/h4-15H,3H2,1-2H3. The van der Waals surface area contributed by atoms with Crippen LogP contribution in [0.3, 0.4) is 0 Å². The van der Waals surface area contributed by atoms with Gasteiger partial charge in [0.25, 0.3) is 5.56 Å². The molecule has 2 heterocycles. The fourth-order valence-electron chi connectivity index (χ4n) is 3.57. The quantitative estimate of drug-likeness (QED) is 0.210. The molecule has 0 bridgehead atoms. The highest BCUT2D eigenvalue weighted by Crippen LogP contribution is 2.34. The summed E-state index contributed by atoms with van der Waals surface area (Å²) in [5.41, 5.74) is 1.55. The normalized spacial score (nSPS) is 12.5. The molecule has 0 aliphatic heterocycles. The number of thioether (sulfide) groups is 1. The van der Waals surface area contributed by atoms with Gasteiger partial charge in [-0.25, -0.2) is 4.98 Å². The first kappa shape index (κ1) is 19.5. The molecule has 0 N–H and O–H groups in total. The SMILES string of the molecule is CCn1c(SC(C)c2nc(-c3ccccc3)no2)nc2cc3ccccc3cc2c1=O. The summed E-state index contributed by atoms with van der Waals surface area (Å²) >= 11 is 1.45. The van der Waals surface area contributed by atoms with E-state index in [1.165, 1.54) is 11.8 Å². The van der Waals surface area contributed by atoms with Crippen LogP contribution in [0.5, 0.6) is 0 Å². The van der Waals surface area contributed by atoms with Crippen molar-refractivity contribution in [3.05, 3.63) is 83.0 Å². The zero-order valence-electron chi connectivity index (χ0n) is 17.1. The Morgan fingerprint density at radius 2 is 1.71 bits per heavy atom. The summed E-state index contributed by atoms with van der Waals surface area (Å²) in [4.78, 5) is 22.6. The van der Waals surface area contributed by atoms with Crippen LogP contribution in [0, 0.1) is 0 Å². The van der Waals surface area contributed by atoms with Crippen molar-refractivity contribution < 1.29 is 4.52 Å². The van der Waals surface area contributed by atoms with E-state index in [0.29, 0.717) is 34.3 Å². The highest BCUT2D eigenvalue weighted by atomic mass is 32.2. The Kier molecular flexibility index (Phi) is 5.03. The molecule has 2 aromatic heterocycles. The lowest BCUT2D eigenvalue weighted by atomic mass is 10.1. The van der Waals surface area contributed by atoms with E-state index in [1.807, 2.05) is 80.6 Å². The number of benzene rings is 3. The molecule has 5 aromatic rings. The van der Waals surface area contributed by atoms with E-state index >= 15 is 0 Å². The minimum atomic E-state index is -0.160. The van der Waals surface area contributed by atoms with Gasteiger partial charge in [-0.3, -0.25) is 9.36 Å². The predicted octanol–water partition coefficient (Wildman–Crippen LogP) is 5.47. The molecule has 3 aromatic carbocycles. The molecule has 6 nitrogen and oxygen atoms in total. The molecule has 0 fully saturated rings. The maximum atomic E-state index is 13.2. The van der Waals surface area contributed by atoms with E-state index in [4.69, 9.17) is 9.51 Å². The van der Waals surface area contributed by atoms with Gasteiger partial charge >= 0.3 is 0 Å². The molecule has 0 spiro atoms. The molecule has 31 heavy (non-hydrogen) atoms. The number of hydrogen-bond acceptors (Lipinski definition) is 6. The van der Waals surface area contributed by atoms with Gasteiger partial charge in [0.2, 0.25) is 11.7 Å². The van der Waals surface area contributed by atoms with Crippen LogP contribution in [0.2, 0.25) is 0 Å². The average molecular weight is 429 g/mol. The van der Waals surface area contributed by atoms with Crippen molar-refractivity contribution in [1.29, 1.82) is 0 Å². The van der Waals surface area contributed by atoms with E-state index in [1.54, 1.807) is 4.57 Å².